The normalized spacial score (nSPS) is 21.5. The third-order valence-corrected chi connectivity index (χ3v) is 6.92. The number of nitrogens with one attached hydrogen (secondary N) is 2. The lowest BCUT2D eigenvalue weighted by Crippen LogP contribution is -2.42. The fraction of sp³-hybridized carbons (Fsp3) is 0.375. The van der Waals surface area contributed by atoms with E-state index in [0.717, 1.165) is 52.7 Å². The third kappa shape index (κ3) is 4.66. The maximum atomic E-state index is 13.1. The predicted octanol–water partition coefficient (Wildman–Crippen LogP) is 2.95. The van der Waals surface area contributed by atoms with Gasteiger partial charge < -0.3 is 10.6 Å². The number of carbonyl (C=O) groups is 3. The molecular weight excluding hydrogens is 424 g/mol. The summed E-state index contributed by atoms with van der Waals surface area (Å²) in [5, 5.41) is 5.59. The molecule has 168 valence electrons. The lowest BCUT2D eigenvalue weighted by molar-refractivity contribution is -0.133. The van der Waals surface area contributed by atoms with Crippen molar-refractivity contribution in [2.24, 2.45) is 0 Å². The van der Waals surface area contributed by atoms with E-state index in [9.17, 15) is 14.4 Å². The Kier molecular flexibility index (Phi) is 6.53. The number of hydrogen-bond acceptors (Lipinski definition) is 5. The molecule has 2 aromatic carbocycles. The van der Waals surface area contributed by atoms with Crippen LogP contribution in [0.1, 0.15) is 23.6 Å². The van der Waals surface area contributed by atoms with E-state index >= 15 is 0 Å². The standard InChI is InChI=1S/C24H28N4O3S/c1-17-6-3-4-9-20(17)24(2)22(30)28(23(31)26-24)16-21(29)25-19-8-5-7-18(14-19)15-27-10-12-32-13-11-27/h3-9,14H,10-13,15-16H2,1-2H3,(H,25,29)(H,26,31). The van der Waals surface area contributed by atoms with Gasteiger partial charge >= 0.3 is 6.03 Å². The summed E-state index contributed by atoms with van der Waals surface area (Å²) in [6.45, 7) is 6.20. The molecule has 32 heavy (non-hydrogen) atoms. The Hall–Kier alpha value is -2.84. The lowest BCUT2D eigenvalue weighted by Gasteiger charge is -2.26. The van der Waals surface area contributed by atoms with Crippen LogP contribution in [0.4, 0.5) is 10.5 Å². The van der Waals surface area contributed by atoms with Crippen molar-refractivity contribution in [3.8, 4) is 0 Å². The monoisotopic (exact) mass is 452 g/mol. The summed E-state index contributed by atoms with van der Waals surface area (Å²) in [7, 11) is 0. The van der Waals surface area contributed by atoms with Gasteiger partial charge in [-0.1, -0.05) is 36.4 Å². The molecule has 1 unspecified atom stereocenters. The molecule has 0 bridgehead atoms. The average Bonchev–Trinajstić information content (AvgIpc) is 2.98. The van der Waals surface area contributed by atoms with Crippen LogP contribution in [0, 0.1) is 6.92 Å². The number of urea groups is 1. The van der Waals surface area contributed by atoms with Crippen LogP contribution in [-0.4, -0.2) is 58.8 Å². The molecule has 7 nitrogen and oxygen atoms in total. The van der Waals surface area contributed by atoms with E-state index in [4.69, 9.17) is 0 Å². The maximum Gasteiger partial charge on any atom is 0.325 e. The van der Waals surface area contributed by atoms with Crippen LogP contribution in [0.25, 0.3) is 0 Å². The highest BCUT2D eigenvalue weighted by Crippen LogP contribution is 2.30. The molecule has 0 spiro atoms. The molecule has 2 saturated heterocycles. The van der Waals surface area contributed by atoms with Gasteiger partial charge in [0.1, 0.15) is 12.1 Å². The number of benzene rings is 2. The Bertz CT molecular complexity index is 1040. The smallest absolute Gasteiger partial charge is 0.325 e. The van der Waals surface area contributed by atoms with Crippen molar-refractivity contribution in [2.45, 2.75) is 25.9 Å². The quantitative estimate of drug-likeness (QED) is 0.659. The highest BCUT2D eigenvalue weighted by atomic mass is 32.2. The van der Waals surface area contributed by atoms with E-state index in [2.05, 4.69) is 15.5 Å². The average molecular weight is 453 g/mol. The first-order chi connectivity index (χ1) is 15.4. The van der Waals surface area contributed by atoms with Crippen LogP contribution in [0.2, 0.25) is 0 Å². The number of nitrogens with zero attached hydrogens (tertiary/aromatic N) is 2. The topological polar surface area (TPSA) is 81.8 Å². The zero-order valence-corrected chi connectivity index (χ0v) is 19.2. The molecule has 0 aromatic heterocycles. The summed E-state index contributed by atoms with van der Waals surface area (Å²) < 4.78 is 0. The molecule has 2 aliphatic heterocycles. The van der Waals surface area contributed by atoms with E-state index in [0.29, 0.717) is 5.69 Å². The molecule has 2 aromatic rings. The van der Waals surface area contributed by atoms with E-state index in [1.807, 2.05) is 67.2 Å². The van der Waals surface area contributed by atoms with E-state index in [-0.39, 0.29) is 6.54 Å². The summed E-state index contributed by atoms with van der Waals surface area (Å²) in [6, 6.07) is 14.6. The molecule has 1 atom stereocenters. The van der Waals surface area contributed by atoms with E-state index in [1.54, 1.807) is 6.92 Å². The van der Waals surface area contributed by atoms with Gasteiger partial charge in [-0.2, -0.15) is 11.8 Å². The van der Waals surface area contributed by atoms with Gasteiger partial charge in [-0.25, -0.2) is 4.79 Å². The molecule has 8 heteroatoms. The number of rotatable bonds is 6. The summed E-state index contributed by atoms with van der Waals surface area (Å²) >= 11 is 1.97. The summed E-state index contributed by atoms with van der Waals surface area (Å²) in [6.07, 6.45) is 0. The Balaban J connectivity index is 1.41. The number of imide groups is 1. The first-order valence-electron chi connectivity index (χ1n) is 10.8. The number of hydrogen-bond donors (Lipinski definition) is 2. The van der Waals surface area contributed by atoms with Crippen LogP contribution < -0.4 is 10.6 Å². The molecule has 0 aliphatic carbocycles. The van der Waals surface area contributed by atoms with Gasteiger partial charge in [0, 0.05) is 36.8 Å². The fourth-order valence-electron chi connectivity index (χ4n) is 4.27. The van der Waals surface area contributed by atoms with Gasteiger partial charge in [0.25, 0.3) is 5.91 Å². The second-order valence-corrected chi connectivity index (χ2v) is 9.62. The van der Waals surface area contributed by atoms with Gasteiger partial charge in [-0.05, 0) is 42.7 Å². The molecule has 2 heterocycles. The predicted molar refractivity (Wildman–Crippen MR) is 126 cm³/mol. The van der Waals surface area contributed by atoms with Gasteiger partial charge in [0.2, 0.25) is 5.91 Å². The van der Waals surface area contributed by atoms with Crippen molar-refractivity contribution in [3.63, 3.8) is 0 Å². The number of carbonyl (C=O) groups excluding carboxylic acids is 3. The Labute approximate surface area is 192 Å². The summed E-state index contributed by atoms with van der Waals surface area (Å²) in [4.78, 5) is 41.7. The van der Waals surface area contributed by atoms with Crippen molar-refractivity contribution in [3.05, 3.63) is 65.2 Å². The first-order valence-corrected chi connectivity index (χ1v) is 11.9. The molecule has 0 saturated carbocycles. The molecular formula is C24H28N4O3S. The number of amides is 4. The molecule has 2 N–H and O–H groups in total. The SMILES string of the molecule is Cc1ccccc1C1(C)NC(=O)N(CC(=O)Nc2cccc(CN3CCSCC3)c2)C1=O. The summed E-state index contributed by atoms with van der Waals surface area (Å²) in [5.74, 6) is 1.45. The van der Waals surface area contributed by atoms with Gasteiger partial charge in [-0.3, -0.25) is 19.4 Å². The number of anilines is 1. The zero-order valence-electron chi connectivity index (χ0n) is 18.4. The molecule has 2 aliphatic rings. The van der Waals surface area contributed by atoms with Crippen LogP contribution in [0.5, 0.6) is 0 Å². The first kappa shape index (κ1) is 22.4. The van der Waals surface area contributed by atoms with Crippen LogP contribution >= 0.6 is 11.8 Å². The molecule has 4 rings (SSSR count). The lowest BCUT2D eigenvalue weighted by atomic mass is 9.88. The van der Waals surface area contributed by atoms with Crippen LogP contribution in [0.3, 0.4) is 0 Å². The van der Waals surface area contributed by atoms with Crippen LogP contribution in [-0.2, 0) is 21.7 Å². The van der Waals surface area contributed by atoms with E-state index < -0.39 is 23.4 Å². The number of aryl methyl sites for hydroxylation is 1. The van der Waals surface area contributed by atoms with Crippen molar-refractivity contribution in [1.82, 2.24) is 15.1 Å². The van der Waals surface area contributed by atoms with Gasteiger partial charge in [0.15, 0.2) is 0 Å². The minimum Gasteiger partial charge on any atom is -0.325 e. The maximum absolute atomic E-state index is 13.1. The van der Waals surface area contributed by atoms with Gasteiger partial charge in [0.05, 0.1) is 0 Å². The number of thioether (sulfide) groups is 1. The minimum atomic E-state index is -1.19. The third-order valence-electron chi connectivity index (χ3n) is 5.98. The van der Waals surface area contributed by atoms with E-state index in [1.165, 1.54) is 0 Å². The Morgan fingerprint density at radius 2 is 1.88 bits per heavy atom. The highest BCUT2D eigenvalue weighted by molar-refractivity contribution is 7.99. The second-order valence-electron chi connectivity index (χ2n) is 8.40. The van der Waals surface area contributed by atoms with Crippen molar-refractivity contribution in [2.75, 3.05) is 36.5 Å². The van der Waals surface area contributed by atoms with Crippen molar-refractivity contribution >= 4 is 35.3 Å². The summed E-state index contributed by atoms with van der Waals surface area (Å²) in [5.41, 5.74) is 2.23. The second kappa shape index (κ2) is 9.34. The van der Waals surface area contributed by atoms with Gasteiger partial charge in [-0.15, -0.1) is 0 Å². The molecule has 2 fully saturated rings. The fourth-order valence-corrected chi connectivity index (χ4v) is 5.24. The van der Waals surface area contributed by atoms with Crippen molar-refractivity contribution < 1.29 is 14.4 Å². The molecule has 0 radical (unpaired) electrons. The highest BCUT2D eigenvalue weighted by Gasteiger charge is 2.50. The Morgan fingerprint density at radius 3 is 2.62 bits per heavy atom. The largest absolute Gasteiger partial charge is 0.325 e. The Morgan fingerprint density at radius 1 is 1.12 bits per heavy atom. The van der Waals surface area contributed by atoms with Crippen molar-refractivity contribution in [1.29, 1.82) is 0 Å². The molecule has 4 amide bonds. The minimum absolute atomic E-state index is 0.334. The van der Waals surface area contributed by atoms with Crippen LogP contribution in [0.15, 0.2) is 48.5 Å². The zero-order chi connectivity index (χ0) is 22.7.